The average Bonchev–Trinajstić information content (AvgIpc) is 2.47. The fourth-order valence-electron chi connectivity index (χ4n) is 2.36. The lowest BCUT2D eigenvalue weighted by Gasteiger charge is -2.10. The minimum absolute atomic E-state index is 0.113. The number of aryl methyl sites for hydroxylation is 1. The van der Waals surface area contributed by atoms with Crippen molar-refractivity contribution in [3.05, 3.63) is 70.8 Å². The fraction of sp³-hybridized carbons (Fsp3) is 0.222. The molecule has 108 valence electrons. The lowest BCUT2D eigenvalue weighted by atomic mass is 9.95. The number of benzene rings is 1. The Morgan fingerprint density at radius 1 is 1.43 bits per heavy atom. The van der Waals surface area contributed by atoms with Crippen LogP contribution in [0.2, 0.25) is 0 Å². The van der Waals surface area contributed by atoms with E-state index in [0.29, 0.717) is 10.9 Å². The molecule has 1 N–H and O–H groups in total. The molecule has 2 rings (SSSR count). The Hall–Kier alpha value is -2.42. The molecule has 0 saturated heterocycles. The van der Waals surface area contributed by atoms with E-state index in [0.717, 1.165) is 29.5 Å². The molecule has 0 aliphatic heterocycles. The molecule has 0 bridgehead atoms. The van der Waals surface area contributed by atoms with Gasteiger partial charge in [0, 0.05) is 0 Å². The maximum atomic E-state index is 12.2. The number of H-pyrrole nitrogens is 1. The number of aromatic nitrogens is 2. The van der Waals surface area contributed by atoms with Crippen LogP contribution in [0.4, 0.5) is 0 Å². The third kappa shape index (κ3) is 3.19. The molecule has 1 aromatic carbocycles. The fourth-order valence-corrected chi connectivity index (χ4v) is 2.36. The van der Waals surface area contributed by atoms with Gasteiger partial charge >= 0.3 is 0 Å². The zero-order chi connectivity index (χ0) is 15.2. The number of hydrogen-bond acceptors (Lipinski definition) is 2. The summed E-state index contributed by atoms with van der Waals surface area (Å²) in [6.45, 7) is 7.92. The quantitative estimate of drug-likeness (QED) is 0.836. The summed E-state index contributed by atoms with van der Waals surface area (Å²) in [5.41, 5.74) is 3.56. The predicted molar refractivity (Wildman–Crippen MR) is 89.3 cm³/mol. The van der Waals surface area contributed by atoms with Crippen molar-refractivity contribution in [1.82, 2.24) is 9.97 Å². The SMILES string of the molecule is C=C/C=C(\C=C/CCC)c1c(C)ccc2nc[nH]c(=O)c12. The molecule has 0 fully saturated rings. The van der Waals surface area contributed by atoms with Crippen LogP contribution in [-0.4, -0.2) is 9.97 Å². The van der Waals surface area contributed by atoms with Gasteiger partial charge in [-0.15, -0.1) is 0 Å². The molecular weight excluding hydrogens is 260 g/mol. The zero-order valence-electron chi connectivity index (χ0n) is 12.5. The van der Waals surface area contributed by atoms with E-state index in [1.807, 2.05) is 25.1 Å². The molecule has 0 spiro atoms. The van der Waals surface area contributed by atoms with E-state index in [4.69, 9.17) is 0 Å². The summed E-state index contributed by atoms with van der Waals surface area (Å²) in [5.74, 6) is 0. The van der Waals surface area contributed by atoms with Crippen LogP contribution in [0.25, 0.3) is 16.5 Å². The van der Waals surface area contributed by atoms with Crippen molar-refractivity contribution in [3.63, 3.8) is 0 Å². The maximum absolute atomic E-state index is 12.2. The molecule has 0 aliphatic carbocycles. The Kier molecular flexibility index (Phi) is 4.88. The van der Waals surface area contributed by atoms with Crippen molar-refractivity contribution in [2.45, 2.75) is 26.7 Å². The van der Waals surface area contributed by atoms with E-state index < -0.39 is 0 Å². The first-order valence-corrected chi connectivity index (χ1v) is 7.15. The summed E-state index contributed by atoms with van der Waals surface area (Å²) < 4.78 is 0. The summed E-state index contributed by atoms with van der Waals surface area (Å²) in [6, 6.07) is 3.87. The Labute approximate surface area is 124 Å². The lowest BCUT2D eigenvalue weighted by molar-refractivity contribution is 0.959. The summed E-state index contributed by atoms with van der Waals surface area (Å²) >= 11 is 0. The molecule has 0 radical (unpaired) electrons. The molecule has 1 aromatic heterocycles. The second-order valence-electron chi connectivity index (χ2n) is 4.93. The first-order valence-electron chi connectivity index (χ1n) is 7.15. The third-order valence-corrected chi connectivity index (χ3v) is 3.36. The van der Waals surface area contributed by atoms with Crippen LogP contribution in [0.3, 0.4) is 0 Å². The van der Waals surface area contributed by atoms with Crippen molar-refractivity contribution in [3.8, 4) is 0 Å². The van der Waals surface area contributed by atoms with Gasteiger partial charge in [0.15, 0.2) is 0 Å². The first-order chi connectivity index (χ1) is 10.2. The Morgan fingerprint density at radius 3 is 2.95 bits per heavy atom. The molecule has 0 unspecified atom stereocenters. The summed E-state index contributed by atoms with van der Waals surface area (Å²) in [5, 5.41) is 0.631. The van der Waals surface area contributed by atoms with Crippen LogP contribution < -0.4 is 5.56 Å². The largest absolute Gasteiger partial charge is 0.313 e. The molecule has 1 heterocycles. The number of rotatable bonds is 5. The number of fused-ring (bicyclic) bond motifs is 1. The first kappa shape index (κ1) is 15.0. The zero-order valence-corrected chi connectivity index (χ0v) is 12.5. The molecule has 3 heteroatoms. The van der Waals surface area contributed by atoms with Crippen molar-refractivity contribution in [1.29, 1.82) is 0 Å². The number of hydrogen-bond donors (Lipinski definition) is 1. The smallest absolute Gasteiger partial charge is 0.259 e. The van der Waals surface area contributed by atoms with E-state index >= 15 is 0 Å². The normalized spacial score (nSPS) is 12.2. The third-order valence-electron chi connectivity index (χ3n) is 3.36. The molecule has 2 aromatic rings. The highest BCUT2D eigenvalue weighted by Gasteiger charge is 2.11. The Balaban J connectivity index is 2.73. The van der Waals surface area contributed by atoms with E-state index in [1.165, 1.54) is 6.33 Å². The second kappa shape index (κ2) is 6.84. The van der Waals surface area contributed by atoms with Crippen LogP contribution in [-0.2, 0) is 0 Å². The van der Waals surface area contributed by atoms with E-state index in [9.17, 15) is 4.79 Å². The van der Waals surface area contributed by atoms with Crippen LogP contribution >= 0.6 is 0 Å². The number of nitrogens with zero attached hydrogens (tertiary/aromatic N) is 1. The molecule has 0 amide bonds. The van der Waals surface area contributed by atoms with Gasteiger partial charge in [0.1, 0.15) is 0 Å². The van der Waals surface area contributed by atoms with Gasteiger partial charge in [-0.25, -0.2) is 4.98 Å². The Morgan fingerprint density at radius 2 is 2.24 bits per heavy atom. The molecule has 21 heavy (non-hydrogen) atoms. The van der Waals surface area contributed by atoms with Crippen LogP contribution in [0, 0.1) is 6.92 Å². The molecule has 0 aliphatic rings. The van der Waals surface area contributed by atoms with E-state index in [-0.39, 0.29) is 5.56 Å². The number of allylic oxidation sites excluding steroid dienone is 5. The standard InChI is InChI=1S/C18H20N2O/c1-4-6-7-9-14(8-5-2)16-13(3)10-11-15-17(16)18(21)20-12-19-15/h5,7-12H,2,4,6H2,1,3H3,(H,19,20,21)/b9-7-,14-8+. The average molecular weight is 280 g/mol. The van der Waals surface area contributed by atoms with Gasteiger partial charge in [0.2, 0.25) is 0 Å². The minimum Gasteiger partial charge on any atom is -0.313 e. The van der Waals surface area contributed by atoms with Gasteiger partial charge in [0.25, 0.3) is 5.56 Å². The molecule has 0 saturated carbocycles. The topological polar surface area (TPSA) is 45.8 Å². The van der Waals surface area contributed by atoms with Crippen molar-refractivity contribution >= 4 is 16.5 Å². The van der Waals surface area contributed by atoms with Crippen molar-refractivity contribution in [2.75, 3.05) is 0 Å². The maximum Gasteiger partial charge on any atom is 0.259 e. The van der Waals surface area contributed by atoms with Crippen LogP contribution in [0.5, 0.6) is 0 Å². The summed E-state index contributed by atoms with van der Waals surface area (Å²) in [6.07, 6.45) is 11.4. The predicted octanol–water partition coefficient (Wildman–Crippen LogP) is 4.16. The summed E-state index contributed by atoms with van der Waals surface area (Å²) in [7, 11) is 0. The number of aromatic amines is 1. The summed E-state index contributed by atoms with van der Waals surface area (Å²) in [4.78, 5) is 19.1. The highest BCUT2D eigenvalue weighted by molar-refractivity contribution is 5.95. The lowest BCUT2D eigenvalue weighted by Crippen LogP contribution is -2.09. The van der Waals surface area contributed by atoms with Crippen molar-refractivity contribution < 1.29 is 0 Å². The van der Waals surface area contributed by atoms with Gasteiger partial charge in [0.05, 0.1) is 17.2 Å². The van der Waals surface area contributed by atoms with Gasteiger partial charge in [-0.3, -0.25) is 4.79 Å². The number of unbranched alkanes of at least 4 members (excludes halogenated alkanes) is 1. The van der Waals surface area contributed by atoms with E-state index in [1.54, 1.807) is 6.08 Å². The highest BCUT2D eigenvalue weighted by atomic mass is 16.1. The second-order valence-corrected chi connectivity index (χ2v) is 4.93. The monoisotopic (exact) mass is 280 g/mol. The minimum atomic E-state index is -0.113. The van der Waals surface area contributed by atoms with E-state index in [2.05, 4.69) is 35.6 Å². The number of nitrogens with one attached hydrogen (secondary N) is 1. The van der Waals surface area contributed by atoms with Gasteiger partial charge in [-0.05, 0) is 36.1 Å². The van der Waals surface area contributed by atoms with Crippen LogP contribution in [0.15, 0.2) is 54.1 Å². The van der Waals surface area contributed by atoms with Crippen LogP contribution in [0.1, 0.15) is 30.9 Å². The highest BCUT2D eigenvalue weighted by Crippen LogP contribution is 2.26. The Bertz CT molecular complexity index is 766. The molecule has 0 atom stereocenters. The molecule has 3 nitrogen and oxygen atoms in total. The van der Waals surface area contributed by atoms with Gasteiger partial charge < -0.3 is 4.98 Å². The molecular formula is C18H20N2O. The van der Waals surface area contributed by atoms with Gasteiger partial charge in [-0.2, -0.15) is 0 Å². The van der Waals surface area contributed by atoms with Crippen molar-refractivity contribution in [2.24, 2.45) is 0 Å². The van der Waals surface area contributed by atoms with Gasteiger partial charge in [-0.1, -0.05) is 50.3 Å².